The van der Waals surface area contributed by atoms with Crippen molar-refractivity contribution in [2.24, 2.45) is 0 Å². The number of carbonyl (C=O) groups excluding carboxylic acids is 1. The highest BCUT2D eigenvalue weighted by Crippen LogP contribution is 2.36. The summed E-state index contributed by atoms with van der Waals surface area (Å²) in [6.07, 6.45) is 0. The molecule has 0 saturated carbocycles. The summed E-state index contributed by atoms with van der Waals surface area (Å²) in [4.78, 5) is 13.0. The second-order valence-electron chi connectivity index (χ2n) is 7.38. The quantitative estimate of drug-likeness (QED) is 0.856. The standard InChI is InChI=1S/C18H23N3O5S/c1-18(2,3)21-16(12-9-27(23,24)10-13(12)20-21)19-17(22)11-7-6-8-14(25-4)15(11)26-5/h6-8H,9-10H2,1-5H3,(H,19,22). The van der Waals surface area contributed by atoms with Crippen molar-refractivity contribution >= 4 is 21.6 Å². The lowest BCUT2D eigenvalue weighted by molar-refractivity contribution is 0.102. The number of amides is 1. The number of benzene rings is 1. The van der Waals surface area contributed by atoms with Gasteiger partial charge >= 0.3 is 0 Å². The van der Waals surface area contributed by atoms with Crippen molar-refractivity contribution in [3.63, 3.8) is 0 Å². The molecule has 1 amide bonds. The van der Waals surface area contributed by atoms with Gasteiger partial charge in [0.25, 0.3) is 5.91 Å². The molecule has 1 aliphatic heterocycles. The Bertz CT molecular complexity index is 1000. The van der Waals surface area contributed by atoms with Gasteiger partial charge in [-0.25, -0.2) is 13.1 Å². The van der Waals surface area contributed by atoms with Crippen molar-refractivity contribution in [2.75, 3.05) is 19.5 Å². The van der Waals surface area contributed by atoms with E-state index in [2.05, 4.69) is 10.4 Å². The molecule has 1 aliphatic rings. The van der Waals surface area contributed by atoms with E-state index in [-0.39, 0.29) is 17.1 Å². The third kappa shape index (κ3) is 3.51. The topological polar surface area (TPSA) is 99.5 Å². The molecule has 0 bridgehead atoms. The normalized spacial score (nSPS) is 15.3. The molecule has 0 aliphatic carbocycles. The summed E-state index contributed by atoms with van der Waals surface area (Å²) >= 11 is 0. The van der Waals surface area contributed by atoms with Crippen LogP contribution < -0.4 is 14.8 Å². The molecule has 0 radical (unpaired) electrons. The van der Waals surface area contributed by atoms with E-state index in [1.54, 1.807) is 22.9 Å². The molecule has 146 valence electrons. The van der Waals surface area contributed by atoms with Gasteiger partial charge in [0.1, 0.15) is 5.82 Å². The van der Waals surface area contributed by atoms with Crippen molar-refractivity contribution in [3.8, 4) is 11.5 Å². The van der Waals surface area contributed by atoms with Crippen LogP contribution in [0.5, 0.6) is 11.5 Å². The van der Waals surface area contributed by atoms with E-state index in [1.807, 2.05) is 20.8 Å². The fourth-order valence-corrected chi connectivity index (χ4v) is 4.59. The maximum absolute atomic E-state index is 13.0. The first-order valence-corrected chi connectivity index (χ1v) is 10.2. The Balaban J connectivity index is 2.05. The van der Waals surface area contributed by atoms with Crippen molar-refractivity contribution in [1.82, 2.24) is 9.78 Å². The maximum atomic E-state index is 13.0. The number of methoxy groups -OCH3 is 2. The van der Waals surface area contributed by atoms with Crippen LogP contribution in [-0.4, -0.2) is 38.3 Å². The molecular formula is C18H23N3O5S. The number of aromatic nitrogens is 2. The lowest BCUT2D eigenvalue weighted by Crippen LogP contribution is -2.28. The molecule has 8 nitrogen and oxygen atoms in total. The Hall–Kier alpha value is -2.55. The Kier molecular flexibility index (Phi) is 4.67. The van der Waals surface area contributed by atoms with Crippen LogP contribution in [-0.2, 0) is 26.9 Å². The summed E-state index contributed by atoms with van der Waals surface area (Å²) in [6, 6.07) is 5.00. The molecule has 0 saturated heterocycles. The first-order valence-electron chi connectivity index (χ1n) is 8.41. The molecule has 1 aromatic heterocycles. The molecule has 2 aromatic rings. The molecular weight excluding hydrogens is 370 g/mol. The number of hydrogen-bond donors (Lipinski definition) is 1. The summed E-state index contributed by atoms with van der Waals surface area (Å²) in [5, 5.41) is 7.29. The summed E-state index contributed by atoms with van der Waals surface area (Å²) in [6.45, 7) is 5.81. The Morgan fingerprint density at radius 2 is 1.89 bits per heavy atom. The van der Waals surface area contributed by atoms with E-state index in [0.717, 1.165) is 0 Å². The molecule has 0 atom stereocenters. The number of fused-ring (bicyclic) bond motifs is 1. The van der Waals surface area contributed by atoms with Crippen LogP contribution in [0.4, 0.5) is 5.82 Å². The minimum Gasteiger partial charge on any atom is -0.493 e. The lowest BCUT2D eigenvalue weighted by Gasteiger charge is -2.23. The van der Waals surface area contributed by atoms with E-state index in [9.17, 15) is 13.2 Å². The van der Waals surface area contributed by atoms with Gasteiger partial charge in [0.2, 0.25) is 0 Å². The third-order valence-electron chi connectivity index (χ3n) is 4.30. The average Bonchev–Trinajstić information content (AvgIpc) is 3.06. The summed E-state index contributed by atoms with van der Waals surface area (Å²) in [5.41, 5.74) is 0.876. The van der Waals surface area contributed by atoms with E-state index in [0.29, 0.717) is 28.6 Å². The molecule has 3 rings (SSSR count). The fourth-order valence-electron chi connectivity index (χ4n) is 3.10. The number of nitrogens with zero attached hydrogens (tertiary/aromatic N) is 2. The predicted molar refractivity (Wildman–Crippen MR) is 101 cm³/mol. The molecule has 9 heteroatoms. The van der Waals surface area contributed by atoms with Crippen LogP contribution in [0.2, 0.25) is 0 Å². The van der Waals surface area contributed by atoms with Gasteiger partial charge in [-0.15, -0.1) is 0 Å². The van der Waals surface area contributed by atoms with Gasteiger partial charge in [-0.3, -0.25) is 4.79 Å². The highest BCUT2D eigenvalue weighted by molar-refractivity contribution is 7.90. The zero-order chi connectivity index (χ0) is 20.0. The average molecular weight is 393 g/mol. The number of anilines is 1. The number of hydrogen-bond acceptors (Lipinski definition) is 6. The van der Waals surface area contributed by atoms with Gasteiger partial charge in [0.05, 0.1) is 42.5 Å². The predicted octanol–water partition coefficient (Wildman–Crippen LogP) is 2.34. The van der Waals surface area contributed by atoms with Crippen LogP contribution in [0.25, 0.3) is 0 Å². The van der Waals surface area contributed by atoms with Crippen molar-refractivity contribution in [3.05, 3.63) is 35.0 Å². The van der Waals surface area contributed by atoms with Crippen molar-refractivity contribution in [1.29, 1.82) is 0 Å². The van der Waals surface area contributed by atoms with Gasteiger partial charge in [0, 0.05) is 5.56 Å². The first kappa shape index (κ1) is 19.2. The monoisotopic (exact) mass is 393 g/mol. The van der Waals surface area contributed by atoms with E-state index in [1.165, 1.54) is 14.2 Å². The van der Waals surface area contributed by atoms with Gasteiger partial charge < -0.3 is 14.8 Å². The van der Waals surface area contributed by atoms with E-state index >= 15 is 0 Å². The van der Waals surface area contributed by atoms with E-state index < -0.39 is 21.3 Å². The minimum absolute atomic E-state index is 0.114. The number of nitrogens with one attached hydrogen (secondary N) is 1. The van der Waals surface area contributed by atoms with Crippen molar-refractivity contribution in [2.45, 2.75) is 37.8 Å². The largest absolute Gasteiger partial charge is 0.493 e. The van der Waals surface area contributed by atoms with Gasteiger partial charge in [-0.2, -0.15) is 5.10 Å². The molecule has 27 heavy (non-hydrogen) atoms. The molecule has 0 unspecified atom stereocenters. The smallest absolute Gasteiger partial charge is 0.260 e. The summed E-state index contributed by atoms with van der Waals surface area (Å²) < 4.78 is 36.2. The minimum atomic E-state index is -3.24. The van der Waals surface area contributed by atoms with Gasteiger partial charge in [-0.1, -0.05) is 6.07 Å². The number of sulfone groups is 1. The molecule has 0 fully saturated rings. The first-order chi connectivity index (χ1) is 12.6. The highest BCUT2D eigenvalue weighted by Gasteiger charge is 2.35. The zero-order valence-electron chi connectivity index (χ0n) is 16.0. The molecule has 0 spiro atoms. The Labute approximate surface area is 158 Å². The SMILES string of the molecule is COc1cccc(C(=O)Nc2c3c(nn2C(C)(C)C)CS(=O)(=O)C3)c1OC. The third-order valence-corrected chi connectivity index (χ3v) is 5.74. The summed E-state index contributed by atoms with van der Waals surface area (Å²) in [7, 11) is -0.294. The fraction of sp³-hybridized carbons (Fsp3) is 0.444. The Morgan fingerprint density at radius 3 is 2.48 bits per heavy atom. The number of rotatable bonds is 4. The second-order valence-corrected chi connectivity index (χ2v) is 9.45. The summed E-state index contributed by atoms with van der Waals surface area (Å²) in [5.74, 6) is 0.461. The lowest BCUT2D eigenvalue weighted by atomic mass is 10.1. The van der Waals surface area contributed by atoms with Crippen molar-refractivity contribution < 1.29 is 22.7 Å². The Morgan fingerprint density at radius 1 is 1.19 bits per heavy atom. The molecule has 2 heterocycles. The number of ether oxygens (including phenoxy) is 2. The zero-order valence-corrected chi connectivity index (χ0v) is 16.8. The second kappa shape index (κ2) is 6.56. The van der Waals surface area contributed by atoms with Crippen LogP contribution in [0, 0.1) is 0 Å². The molecule has 1 N–H and O–H groups in total. The van der Waals surface area contributed by atoms with Crippen LogP contribution in [0.3, 0.4) is 0 Å². The van der Waals surface area contributed by atoms with E-state index in [4.69, 9.17) is 9.47 Å². The van der Waals surface area contributed by atoms with Gasteiger partial charge in [-0.05, 0) is 32.9 Å². The van der Waals surface area contributed by atoms with Crippen LogP contribution in [0.15, 0.2) is 18.2 Å². The number of carbonyl (C=O) groups is 1. The maximum Gasteiger partial charge on any atom is 0.260 e. The van der Waals surface area contributed by atoms with Gasteiger partial charge in [0.15, 0.2) is 21.3 Å². The van der Waals surface area contributed by atoms with Crippen LogP contribution in [0.1, 0.15) is 42.4 Å². The molecule has 1 aromatic carbocycles. The number of para-hydroxylation sites is 1. The van der Waals surface area contributed by atoms with Crippen LogP contribution >= 0.6 is 0 Å². The highest BCUT2D eigenvalue weighted by atomic mass is 32.2.